The van der Waals surface area contributed by atoms with Gasteiger partial charge in [-0.05, 0) is 18.6 Å². The molecule has 0 aliphatic carbocycles. The van der Waals surface area contributed by atoms with E-state index in [-0.39, 0.29) is 6.61 Å². The highest BCUT2D eigenvalue weighted by Gasteiger charge is 1.97. The standard InChI is InChI=1S/C10H11Cl2NO/c11-9-3-2-8(10(12)6-9)7-13-4-1-5-14/h2-3,6-7,14H,1,4-5H2. The SMILES string of the molecule is OCCCN=Cc1ccc(Cl)cc1Cl. The van der Waals surface area contributed by atoms with E-state index in [1.807, 2.05) is 6.07 Å². The van der Waals surface area contributed by atoms with Crippen molar-refractivity contribution in [2.45, 2.75) is 6.42 Å². The second-order valence-corrected chi connectivity index (χ2v) is 3.62. The first-order chi connectivity index (χ1) is 6.74. The maximum atomic E-state index is 8.54. The number of nitrogens with zero attached hydrogens (tertiary/aromatic N) is 1. The molecule has 0 bridgehead atoms. The Morgan fingerprint density at radius 2 is 2.14 bits per heavy atom. The molecule has 14 heavy (non-hydrogen) atoms. The van der Waals surface area contributed by atoms with Crippen LogP contribution in [0, 0.1) is 0 Å². The van der Waals surface area contributed by atoms with Crippen LogP contribution in [0.5, 0.6) is 0 Å². The number of hydrogen-bond donors (Lipinski definition) is 1. The largest absolute Gasteiger partial charge is 0.396 e. The third kappa shape index (κ3) is 3.66. The summed E-state index contributed by atoms with van der Waals surface area (Å²) in [5.41, 5.74) is 0.842. The zero-order valence-electron chi connectivity index (χ0n) is 7.58. The van der Waals surface area contributed by atoms with Crippen LogP contribution in [0.3, 0.4) is 0 Å². The zero-order chi connectivity index (χ0) is 10.4. The molecule has 4 heteroatoms. The van der Waals surface area contributed by atoms with Crippen LogP contribution in [0.25, 0.3) is 0 Å². The number of hydrogen-bond acceptors (Lipinski definition) is 2. The molecule has 1 aromatic rings. The number of benzene rings is 1. The first kappa shape index (κ1) is 11.5. The highest BCUT2D eigenvalue weighted by molar-refractivity contribution is 6.36. The monoisotopic (exact) mass is 231 g/mol. The second-order valence-electron chi connectivity index (χ2n) is 2.78. The van der Waals surface area contributed by atoms with Gasteiger partial charge in [0.15, 0.2) is 0 Å². The minimum atomic E-state index is 0.158. The van der Waals surface area contributed by atoms with E-state index in [1.54, 1.807) is 18.3 Å². The molecule has 0 aromatic heterocycles. The Morgan fingerprint density at radius 3 is 2.79 bits per heavy atom. The molecule has 0 aliphatic heterocycles. The number of aliphatic hydroxyl groups excluding tert-OH is 1. The van der Waals surface area contributed by atoms with Gasteiger partial charge in [-0.3, -0.25) is 4.99 Å². The second kappa shape index (κ2) is 6.02. The summed E-state index contributed by atoms with van der Waals surface area (Å²) < 4.78 is 0. The molecule has 0 aliphatic rings. The van der Waals surface area contributed by atoms with Crippen LogP contribution in [0.1, 0.15) is 12.0 Å². The molecule has 2 nitrogen and oxygen atoms in total. The average molecular weight is 232 g/mol. The van der Waals surface area contributed by atoms with Gasteiger partial charge >= 0.3 is 0 Å². The van der Waals surface area contributed by atoms with Crippen LogP contribution in [0.4, 0.5) is 0 Å². The predicted octanol–water partition coefficient (Wildman–Crippen LogP) is 2.79. The van der Waals surface area contributed by atoms with Gasteiger partial charge in [0, 0.05) is 30.0 Å². The summed E-state index contributed by atoms with van der Waals surface area (Å²) >= 11 is 11.7. The van der Waals surface area contributed by atoms with E-state index in [1.165, 1.54) is 0 Å². The molecular formula is C10H11Cl2NO. The van der Waals surface area contributed by atoms with Gasteiger partial charge in [0.05, 0.1) is 5.02 Å². The Hall–Kier alpha value is -0.570. The van der Waals surface area contributed by atoms with Crippen LogP contribution in [-0.2, 0) is 0 Å². The fraction of sp³-hybridized carbons (Fsp3) is 0.300. The van der Waals surface area contributed by atoms with Crippen molar-refractivity contribution in [1.29, 1.82) is 0 Å². The topological polar surface area (TPSA) is 32.6 Å². The van der Waals surface area contributed by atoms with Crippen LogP contribution in [0.15, 0.2) is 23.2 Å². The molecule has 0 heterocycles. The van der Waals surface area contributed by atoms with E-state index in [9.17, 15) is 0 Å². The van der Waals surface area contributed by atoms with Crippen LogP contribution >= 0.6 is 23.2 Å². The molecule has 0 spiro atoms. The lowest BCUT2D eigenvalue weighted by atomic mass is 10.2. The molecule has 0 unspecified atom stereocenters. The maximum absolute atomic E-state index is 8.54. The van der Waals surface area contributed by atoms with E-state index in [0.29, 0.717) is 23.0 Å². The number of rotatable bonds is 4. The smallest absolute Gasteiger partial charge is 0.0508 e. The van der Waals surface area contributed by atoms with Gasteiger partial charge < -0.3 is 5.11 Å². The maximum Gasteiger partial charge on any atom is 0.0508 e. The fourth-order valence-electron chi connectivity index (χ4n) is 0.931. The van der Waals surface area contributed by atoms with Crippen LogP contribution < -0.4 is 0 Å². The summed E-state index contributed by atoms with van der Waals surface area (Å²) in [7, 11) is 0. The number of halogens is 2. The van der Waals surface area contributed by atoms with E-state index < -0.39 is 0 Å². The van der Waals surface area contributed by atoms with E-state index in [0.717, 1.165) is 5.56 Å². The molecule has 1 N–H and O–H groups in total. The van der Waals surface area contributed by atoms with Gasteiger partial charge in [0.1, 0.15) is 0 Å². The van der Waals surface area contributed by atoms with E-state index in [4.69, 9.17) is 28.3 Å². The molecule has 1 rings (SSSR count). The van der Waals surface area contributed by atoms with E-state index in [2.05, 4.69) is 4.99 Å². The Bertz CT molecular complexity index is 326. The molecule has 76 valence electrons. The summed E-state index contributed by atoms with van der Waals surface area (Å²) in [6, 6.07) is 5.25. The Labute approximate surface area is 93.2 Å². The highest BCUT2D eigenvalue weighted by atomic mass is 35.5. The molecule has 0 fully saturated rings. The van der Waals surface area contributed by atoms with Crippen LogP contribution in [-0.4, -0.2) is 24.5 Å². The summed E-state index contributed by atoms with van der Waals surface area (Å²) in [6.45, 7) is 0.765. The summed E-state index contributed by atoms with van der Waals surface area (Å²) in [5.74, 6) is 0. The molecule has 1 aromatic carbocycles. The quantitative estimate of drug-likeness (QED) is 0.628. The Kier molecular flexibility index (Phi) is 4.94. The lowest BCUT2D eigenvalue weighted by Gasteiger charge is -1.97. The summed E-state index contributed by atoms with van der Waals surface area (Å²) in [4.78, 5) is 4.11. The number of aliphatic hydroxyl groups is 1. The molecule has 0 atom stereocenters. The van der Waals surface area contributed by atoms with Crippen molar-refractivity contribution >= 4 is 29.4 Å². The molecule has 0 saturated carbocycles. The Morgan fingerprint density at radius 1 is 1.36 bits per heavy atom. The zero-order valence-corrected chi connectivity index (χ0v) is 9.09. The van der Waals surface area contributed by atoms with Gasteiger partial charge in [-0.1, -0.05) is 29.3 Å². The summed E-state index contributed by atoms with van der Waals surface area (Å²) in [5, 5.41) is 9.74. The first-order valence-corrected chi connectivity index (χ1v) is 5.05. The average Bonchev–Trinajstić information content (AvgIpc) is 2.15. The lowest BCUT2D eigenvalue weighted by molar-refractivity contribution is 0.291. The van der Waals surface area contributed by atoms with Crippen LogP contribution in [0.2, 0.25) is 10.0 Å². The minimum Gasteiger partial charge on any atom is -0.396 e. The lowest BCUT2D eigenvalue weighted by Crippen LogP contribution is -1.89. The van der Waals surface area contributed by atoms with Gasteiger partial charge in [0.2, 0.25) is 0 Å². The molecule has 0 radical (unpaired) electrons. The van der Waals surface area contributed by atoms with Crippen molar-refractivity contribution in [2.75, 3.05) is 13.2 Å². The highest BCUT2D eigenvalue weighted by Crippen LogP contribution is 2.19. The van der Waals surface area contributed by atoms with E-state index >= 15 is 0 Å². The minimum absolute atomic E-state index is 0.158. The van der Waals surface area contributed by atoms with Gasteiger partial charge in [0.25, 0.3) is 0 Å². The normalized spacial score (nSPS) is 11.1. The molecule has 0 saturated heterocycles. The molecular weight excluding hydrogens is 221 g/mol. The van der Waals surface area contributed by atoms with Crippen molar-refractivity contribution in [2.24, 2.45) is 4.99 Å². The van der Waals surface area contributed by atoms with Crippen molar-refractivity contribution in [3.8, 4) is 0 Å². The summed E-state index contributed by atoms with van der Waals surface area (Å²) in [6.07, 6.45) is 2.36. The van der Waals surface area contributed by atoms with Gasteiger partial charge in [-0.2, -0.15) is 0 Å². The third-order valence-electron chi connectivity index (χ3n) is 1.64. The van der Waals surface area contributed by atoms with Crippen molar-refractivity contribution in [1.82, 2.24) is 0 Å². The van der Waals surface area contributed by atoms with Gasteiger partial charge in [-0.15, -0.1) is 0 Å². The van der Waals surface area contributed by atoms with Crippen molar-refractivity contribution < 1.29 is 5.11 Å². The number of aliphatic imine (C=N–C) groups is 1. The van der Waals surface area contributed by atoms with Crippen molar-refractivity contribution in [3.05, 3.63) is 33.8 Å². The predicted molar refractivity (Wildman–Crippen MR) is 60.6 cm³/mol. The van der Waals surface area contributed by atoms with Gasteiger partial charge in [-0.25, -0.2) is 0 Å². The third-order valence-corrected chi connectivity index (χ3v) is 2.20. The van der Waals surface area contributed by atoms with Crippen molar-refractivity contribution in [3.63, 3.8) is 0 Å². The first-order valence-electron chi connectivity index (χ1n) is 4.30. The Balaban J connectivity index is 2.62. The fourth-order valence-corrected chi connectivity index (χ4v) is 1.39. The molecule has 0 amide bonds.